The molecule has 0 rings (SSSR count). The van der Waals surface area contributed by atoms with Crippen molar-refractivity contribution >= 4 is 17.3 Å². The third kappa shape index (κ3) is 5.36. The highest BCUT2D eigenvalue weighted by Gasteiger charge is 2.24. The number of hydrogen-bond donors (Lipinski definition) is 1. The summed E-state index contributed by atoms with van der Waals surface area (Å²) in [5, 5.41) is 4.16. The minimum atomic E-state index is 0.255. The molecule has 1 unspecified atom stereocenters. The normalized spacial score (nSPS) is 13.5. The molecule has 90 valence electrons. The van der Waals surface area contributed by atoms with E-state index in [-0.39, 0.29) is 5.41 Å². The first-order valence-electron chi connectivity index (χ1n) is 5.81. The highest BCUT2D eigenvalue weighted by atomic mass is 32.1. The summed E-state index contributed by atoms with van der Waals surface area (Å²) >= 11 is 5.35. The van der Waals surface area contributed by atoms with Crippen LogP contribution in [0.15, 0.2) is 0 Å². The average Bonchev–Trinajstić information content (AvgIpc) is 2.14. The van der Waals surface area contributed by atoms with Gasteiger partial charge in [0.25, 0.3) is 0 Å². The van der Waals surface area contributed by atoms with Gasteiger partial charge < -0.3 is 10.2 Å². The molecular formula is C12H26N2S. The van der Waals surface area contributed by atoms with Gasteiger partial charge in [0.05, 0.1) is 0 Å². The minimum Gasteiger partial charge on any atom is -0.363 e. The van der Waals surface area contributed by atoms with Gasteiger partial charge in [-0.25, -0.2) is 0 Å². The van der Waals surface area contributed by atoms with Crippen LogP contribution >= 0.6 is 12.2 Å². The zero-order valence-electron chi connectivity index (χ0n) is 11.1. The van der Waals surface area contributed by atoms with Crippen molar-refractivity contribution in [3.05, 3.63) is 0 Å². The fraction of sp³-hybridized carbons (Fsp3) is 0.917. The van der Waals surface area contributed by atoms with Crippen molar-refractivity contribution in [1.29, 1.82) is 0 Å². The second-order valence-electron chi connectivity index (χ2n) is 5.24. The molecule has 0 heterocycles. The van der Waals surface area contributed by atoms with Gasteiger partial charge in [0.2, 0.25) is 0 Å². The van der Waals surface area contributed by atoms with Crippen LogP contribution in [0.2, 0.25) is 0 Å². The number of unbranched alkanes of at least 4 members (excludes halogenated alkanes) is 1. The summed E-state index contributed by atoms with van der Waals surface area (Å²) in [4.78, 5) is 2.16. The molecule has 0 bridgehead atoms. The van der Waals surface area contributed by atoms with Crippen molar-refractivity contribution in [3.8, 4) is 0 Å². The molecule has 0 aromatic carbocycles. The predicted molar refractivity (Wildman–Crippen MR) is 72.2 cm³/mol. The molecule has 3 heteroatoms. The van der Waals surface area contributed by atoms with Crippen LogP contribution in [0, 0.1) is 5.41 Å². The van der Waals surface area contributed by atoms with Crippen LogP contribution in [0.25, 0.3) is 0 Å². The van der Waals surface area contributed by atoms with E-state index >= 15 is 0 Å². The summed E-state index contributed by atoms with van der Waals surface area (Å²) < 4.78 is 0. The molecule has 0 aliphatic heterocycles. The molecule has 0 saturated heterocycles. The Kier molecular flexibility index (Phi) is 6.18. The van der Waals surface area contributed by atoms with E-state index in [4.69, 9.17) is 12.2 Å². The lowest BCUT2D eigenvalue weighted by atomic mass is 9.87. The Morgan fingerprint density at radius 1 is 1.40 bits per heavy atom. The van der Waals surface area contributed by atoms with Crippen LogP contribution in [-0.2, 0) is 0 Å². The lowest BCUT2D eigenvalue weighted by molar-refractivity contribution is 0.207. The van der Waals surface area contributed by atoms with E-state index in [0.717, 1.165) is 11.7 Å². The SMILES string of the molecule is CCCCNC(=S)N(C)C(C)C(C)(C)C. The molecule has 2 nitrogen and oxygen atoms in total. The fourth-order valence-corrected chi connectivity index (χ4v) is 1.51. The molecule has 15 heavy (non-hydrogen) atoms. The standard InChI is InChI=1S/C12H26N2S/c1-7-8-9-13-11(15)14(6)10(2)12(3,4)5/h10H,7-9H2,1-6H3,(H,13,15). The van der Waals surface area contributed by atoms with Crippen molar-refractivity contribution in [3.63, 3.8) is 0 Å². The first kappa shape index (κ1) is 14.7. The van der Waals surface area contributed by atoms with Crippen molar-refractivity contribution in [2.24, 2.45) is 5.41 Å². The van der Waals surface area contributed by atoms with E-state index in [1.165, 1.54) is 12.8 Å². The summed E-state index contributed by atoms with van der Waals surface area (Å²) in [6.45, 7) is 12.1. The second kappa shape index (κ2) is 6.31. The van der Waals surface area contributed by atoms with Crippen molar-refractivity contribution in [2.75, 3.05) is 13.6 Å². The van der Waals surface area contributed by atoms with Crippen LogP contribution in [0.4, 0.5) is 0 Å². The molecule has 0 saturated carbocycles. The van der Waals surface area contributed by atoms with Crippen LogP contribution < -0.4 is 5.32 Å². The quantitative estimate of drug-likeness (QED) is 0.590. The van der Waals surface area contributed by atoms with Gasteiger partial charge in [-0.05, 0) is 31.0 Å². The highest BCUT2D eigenvalue weighted by molar-refractivity contribution is 7.80. The number of nitrogens with one attached hydrogen (secondary N) is 1. The van der Waals surface area contributed by atoms with Gasteiger partial charge in [0.15, 0.2) is 5.11 Å². The zero-order chi connectivity index (χ0) is 12.1. The Morgan fingerprint density at radius 2 is 1.93 bits per heavy atom. The Bertz CT molecular complexity index is 196. The van der Waals surface area contributed by atoms with Crippen molar-refractivity contribution < 1.29 is 0 Å². The summed E-state index contributed by atoms with van der Waals surface area (Å²) in [5.74, 6) is 0. The smallest absolute Gasteiger partial charge is 0.168 e. The largest absolute Gasteiger partial charge is 0.363 e. The average molecular weight is 230 g/mol. The monoisotopic (exact) mass is 230 g/mol. The van der Waals surface area contributed by atoms with Crippen LogP contribution in [0.3, 0.4) is 0 Å². The summed E-state index contributed by atoms with van der Waals surface area (Å²) in [6.07, 6.45) is 2.38. The van der Waals surface area contributed by atoms with Gasteiger partial charge in [0.1, 0.15) is 0 Å². The fourth-order valence-electron chi connectivity index (χ4n) is 1.25. The highest BCUT2D eigenvalue weighted by Crippen LogP contribution is 2.22. The molecule has 0 spiro atoms. The first-order valence-corrected chi connectivity index (χ1v) is 6.22. The number of nitrogens with zero attached hydrogens (tertiary/aromatic N) is 1. The minimum absolute atomic E-state index is 0.255. The Hall–Kier alpha value is -0.310. The van der Waals surface area contributed by atoms with Gasteiger partial charge >= 0.3 is 0 Å². The topological polar surface area (TPSA) is 15.3 Å². The molecule has 0 aromatic rings. The van der Waals surface area contributed by atoms with Crippen molar-refractivity contribution in [1.82, 2.24) is 10.2 Å². The van der Waals surface area contributed by atoms with Crippen LogP contribution in [0.5, 0.6) is 0 Å². The lowest BCUT2D eigenvalue weighted by Gasteiger charge is -2.37. The van der Waals surface area contributed by atoms with E-state index in [1.807, 2.05) is 0 Å². The van der Waals surface area contributed by atoms with Gasteiger partial charge in [-0.3, -0.25) is 0 Å². The molecule has 1 N–H and O–H groups in total. The Morgan fingerprint density at radius 3 is 2.33 bits per heavy atom. The van der Waals surface area contributed by atoms with E-state index in [0.29, 0.717) is 6.04 Å². The second-order valence-corrected chi connectivity index (χ2v) is 5.63. The predicted octanol–water partition coefficient (Wildman–Crippen LogP) is 3.03. The molecule has 1 atom stereocenters. The first-order chi connectivity index (χ1) is 6.80. The number of hydrogen-bond acceptors (Lipinski definition) is 1. The molecule has 0 fully saturated rings. The van der Waals surface area contributed by atoms with Gasteiger partial charge in [0, 0.05) is 19.6 Å². The Balaban J connectivity index is 4.08. The molecule has 0 amide bonds. The maximum absolute atomic E-state index is 5.35. The number of rotatable bonds is 4. The molecule has 0 aliphatic rings. The van der Waals surface area contributed by atoms with E-state index < -0.39 is 0 Å². The van der Waals surface area contributed by atoms with E-state index in [9.17, 15) is 0 Å². The molecule has 0 aliphatic carbocycles. The van der Waals surface area contributed by atoms with Gasteiger partial charge in [-0.15, -0.1) is 0 Å². The summed E-state index contributed by atoms with van der Waals surface area (Å²) in [5.41, 5.74) is 0.255. The zero-order valence-corrected chi connectivity index (χ0v) is 11.9. The maximum Gasteiger partial charge on any atom is 0.168 e. The summed E-state index contributed by atoms with van der Waals surface area (Å²) in [6, 6.07) is 0.444. The van der Waals surface area contributed by atoms with E-state index in [2.05, 4.69) is 51.9 Å². The van der Waals surface area contributed by atoms with Crippen molar-refractivity contribution in [2.45, 2.75) is 53.5 Å². The van der Waals surface area contributed by atoms with E-state index in [1.54, 1.807) is 0 Å². The third-order valence-corrected chi connectivity index (χ3v) is 3.39. The molecular weight excluding hydrogens is 204 g/mol. The molecule has 0 aromatic heterocycles. The summed E-state index contributed by atoms with van der Waals surface area (Å²) in [7, 11) is 2.07. The van der Waals surface area contributed by atoms with Crippen LogP contribution in [0.1, 0.15) is 47.5 Å². The third-order valence-electron chi connectivity index (χ3n) is 2.96. The molecule has 0 radical (unpaired) electrons. The van der Waals surface area contributed by atoms with Gasteiger partial charge in [-0.1, -0.05) is 34.1 Å². The maximum atomic E-state index is 5.35. The van der Waals surface area contributed by atoms with Crippen LogP contribution in [-0.4, -0.2) is 29.6 Å². The number of thiocarbonyl (C=S) groups is 1. The lowest BCUT2D eigenvalue weighted by Crippen LogP contribution is -2.47. The van der Waals surface area contributed by atoms with Gasteiger partial charge in [-0.2, -0.15) is 0 Å². The Labute approximate surface area is 100 Å².